The van der Waals surface area contributed by atoms with Gasteiger partial charge >= 0.3 is 0 Å². The fraction of sp³-hybridized carbons (Fsp3) is 0.167. The van der Waals surface area contributed by atoms with E-state index in [2.05, 4.69) is 50.5 Å². The maximum atomic E-state index is 11.6. The Morgan fingerprint density at radius 1 is 1.37 bits per heavy atom. The summed E-state index contributed by atoms with van der Waals surface area (Å²) in [6.07, 6.45) is 1.69. The Bertz CT molecular complexity index is 587. The number of hydrogen-bond donors (Lipinski definition) is 1. The molecule has 0 saturated carbocycles. The zero-order valence-electron chi connectivity index (χ0n) is 9.83. The first-order valence-electron chi connectivity index (χ1n) is 5.38. The lowest BCUT2D eigenvalue weighted by Crippen LogP contribution is -2.17. The van der Waals surface area contributed by atoms with Gasteiger partial charge in [0.05, 0.1) is 15.1 Å². The summed E-state index contributed by atoms with van der Waals surface area (Å²) < 4.78 is 7.64. The molecule has 1 aliphatic heterocycles. The number of carbonyl (C=O) groups is 2. The normalized spacial score (nSPS) is 16.9. The van der Waals surface area contributed by atoms with Crippen molar-refractivity contribution in [3.05, 3.63) is 29.7 Å². The molecule has 1 fully saturated rings. The topological polar surface area (TPSA) is 55.4 Å². The maximum absolute atomic E-state index is 11.6. The predicted molar refractivity (Wildman–Crippen MR) is 92.2 cm³/mol. The van der Waals surface area contributed by atoms with E-state index >= 15 is 0 Å². The Kier molecular flexibility index (Phi) is 5.12. The largest absolute Gasteiger partial charge is 0.492 e. The molecule has 0 bridgehead atoms. The summed E-state index contributed by atoms with van der Waals surface area (Å²) in [4.78, 5) is 23.1. The van der Waals surface area contributed by atoms with Crippen molar-refractivity contribution in [2.75, 3.05) is 6.61 Å². The van der Waals surface area contributed by atoms with Gasteiger partial charge in [-0.05, 0) is 82.1 Å². The molecule has 0 radical (unpaired) electrons. The number of nitrogens with one attached hydrogen (secondary N) is 1. The number of hydrogen-bond acceptors (Lipinski definition) is 4. The lowest BCUT2D eigenvalue weighted by molar-refractivity contribution is -0.115. The van der Waals surface area contributed by atoms with E-state index in [1.807, 2.05) is 19.1 Å². The van der Waals surface area contributed by atoms with Gasteiger partial charge in [0, 0.05) is 9.13 Å². The fourth-order valence-corrected chi connectivity index (χ4v) is 4.26. The summed E-state index contributed by atoms with van der Waals surface area (Å²) in [7, 11) is 0. The lowest BCUT2D eigenvalue weighted by atomic mass is 10.2. The Hall–Kier alpha value is -0.290. The highest BCUT2D eigenvalue weighted by Gasteiger charge is 2.25. The Morgan fingerprint density at radius 3 is 2.68 bits per heavy atom. The van der Waals surface area contributed by atoms with Crippen LogP contribution in [0.2, 0.25) is 0 Å². The SMILES string of the molecule is CCOc1c(I)cc(I)cc1/C=C1/SC(=O)NC1=O. The number of ether oxygens (including phenoxy) is 1. The van der Waals surface area contributed by atoms with Crippen LogP contribution in [0.3, 0.4) is 0 Å². The van der Waals surface area contributed by atoms with Crippen LogP contribution < -0.4 is 10.1 Å². The molecule has 19 heavy (non-hydrogen) atoms. The minimum atomic E-state index is -0.355. The highest BCUT2D eigenvalue weighted by Crippen LogP contribution is 2.33. The molecule has 7 heteroatoms. The fourth-order valence-electron chi connectivity index (χ4n) is 1.55. The molecule has 0 spiro atoms. The van der Waals surface area contributed by atoms with E-state index in [-0.39, 0.29) is 11.1 Å². The molecule has 2 rings (SSSR count). The first-order chi connectivity index (χ1) is 9.01. The summed E-state index contributed by atoms with van der Waals surface area (Å²) in [6, 6.07) is 3.93. The second-order valence-corrected chi connectivity index (χ2v) is 7.01. The number of thioether (sulfide) groups is 1. The Morgan fingerprint density at radius 2 is 2.11 bits per heavy atom. The van der Waals surface area contributed by atoms with Crippen LogP contribution in [0.5, 0.6) is 5.75 Å². The molecule has 1 aliphatic rings. The Balaban J connectivity index is 2.46. The van der Waals surface area contributed by atoms with E-state index in [0.29, 0.717) is 11.5 Å². The van der Waals surface area contributed by atoms with Crippen LogP contribution in [0, 0.1) is 7.14 Å². The standard InChI is InChI=1S/C12H9I2NO3S/c1-2-18-10-6(3-7(13)5-8(10)14)4-9-11(16)15-12(17)19-9/h3-5H,2H2,1H3,(H,15,16,17)/b9-4+. The number of carbonyl (C=O) groups excluding carboxylic acids is 2. The molecule has 0 aromatic heterocycles. The molecule has 1 aromatic carbocycles. The summed E-state index contributed by atoms with van der Waals surface area (Å²) in [6.45, 7) is 2.45. The van der Waals surface area contributed by atoms with Crippen molar-refractivity contribution in [2.45, 2.75) is 6.92 Å². The quantitative estimate of drug-likeness (QED) is 0.509. The van der Waals surface area contributed by atoms with Gasteiger partial charge < -0.3 is 4.74 Å². The smallest absolute Gasteiger partial charge is 0.290 e. The average Bonchev–Trinajstić information content (AvgIpc) is 2.62. The molecule has 1 saturated heterocycles. The minimum absolute atomic E-state index is 0.338. The number of halogens is 2. The predicted octanol–water partition coefficient (Wildman–Crippen LogP) is 3.62. The summed E-state index contributed by atoms with van der Waals surface area (Å²) >= 11 is 5.31. The van der Waals surface area contributed by atoms with Crippen LogP contribution in [0.15, 0.2) is 17.0 Å². The van der Waals surface area contributed by atoms with Gasteiger partial charge in [-0.2, -0.15) is 0 Å². The molecule has 0 atom stereocenters. The highest BCUT2D eigenvalue weighted by molar-refractivity contribution is 14.1. The molecule has 1 heterocycles. The van der Waals surface area contributed by atoms with Crippen molar-refractivity contribution in [1.29, 1.82) is 0 Å². The van der Waals surface area contributed by atoms with Crippen LogP contribution in [-0.4, -0.2) is 17.8 Å². The van der Waals surface area contributed by atoms with Gasteiger partial charge in [-0.1, -0.05) is 0 Å². The van der Waals surface area contributed by atoms with Crippen molar-refractivity contribution < 1.29 is 14.3 Å². The van der Waals surface area contributed by atoms with Crippen LogP contribution in [0.25, 0.3) is 6.08 Å². The Labute approximate surface area is 142 Å². The second kappa shape index (κ2) is 6.44. The number of imide groups is 1. The molecule has 0 aliphatic carbocycles. The van der Waals surface area contributed by atoms with Gasteiger partial charge in [0.15, 0.2) is 0 Å². The van der Waals surface area contributed by atoms with E-state index in [9.17, 15) is 9.59 Å². The van der Waals surface area contributed by atoms with Gasteiger partial charge in [0.2, 0.25) is 0 Å². The minimum Gasteiger partial charge on any atom is -0.492 e. The van der Waals surface area contributed by atoms with E-state index in [1.165, 1.54) is 0 Å². The molecular weight excluding hydrogens is 492 g/mol. The van der Waals surface area contributed by atoms with E-state index in [0.717, 1.165) is 30.2 Å². The lowest BCUT2D eigenvalue weighted by Gasteiger charge is -2.10. The van der Waals surface area contributed by atoms with Gasteiger partial charge in [-0.15, -0.1) is 0 Å². The summed E-state index contributed by atoms with van der Waals surface area (Å²) in [5.74, 6) is 0.384. The van der Waals surface area contributed by atoms with Gasteiger partial charge in [-0.25, -0.2) is 0 Å². The third-order valence-electron chi connectivity index (χ3n) is 2.25. The monoisotopic (exact) mass is 501 g/mol. The van der Waals surface area contributed by atoms with Crippen LogP contribution >= 0.6 is 56.9 Å². The van der Waals surface area contributed by atoms with Crippen LogP contribution in [0.4, 0.5) is 4.79 Å². The van der Waals surface area contributed by atoms with Crippen LogP contribution in [-0.2, 0) is 4.79 Å². The molecule has 100 valence electrons. The first-order valence-corrected chi connectivity index (χ1v) is 8.35. The van der Waals surface area contributed by atoms with Crippen LogP contribution in [0.1, 0.15) is 12.5 Å². The summed E-state index contributed by atoms with van der Waals surface area (Å²) in [5.41, 5.74) is 0.811. The average molecular weight is 501 g/mol. The molecule has 0 unspecified atom stereocenters. The van der Waals surface area contributed by atoms with Crippen molar-refractivity contribution >= 4 is 74.2 Å². The van der Waals surface area contributed by atoms with Crippen molar-refractivity contribution in [2.24, 2.45) is 0 Å². The third-order valence-corrected chi connectivity index (χ3v) is 4.49. The van der Waals surface area contributed by atoms with Gasteiger partial charge in [0.1, 0.15) is 5.75 Å². The molecule has 4 nitrogen and oxygen atoms in total. The third kappa shape index (κ3) is 3.63. The maximum Gasteiger partial charge on any atom is 0.290 e. The van der Waals surface area contributed by atoms with Gasteiger partial charge in [0.25, 0.3) is 11.1 Å². The molecule has 2 amide bonds. The highest BCUT2D eigenvalue weighted by atomic mass is 127. The number of rotatable bonds is 3. The van der Waals surface area contributed by atoms with E-state index in [1.54, 1.807) is 6.08 Å². The van der Waals surface area contributed by atoms with Crippen molar-refractivity contribution in [3.8, 4) is 5.75 Å². The summed E-state index contributed by atoms with van der Waals surface area (Å²) in [5, 5.41) is 1.90. The van der Waals surface area contributed by atoms with Crippen molar-refractivity contribution in [1.82, 2.24) is 5.32 Å². The van der Waals surface area contributed by atoms with E-state index in [4.69, 9.17) is 4.74 Å². The van der Waals surface area contributed by atoms with Gasteiger partial charge in [-0.3, -0.25) is 14.9 Å². The molecular formula is C12H9I2NO3S. The number of amides is 2. The zero-order valence-corrected chi connectivity index (χ0v) is 15.0. The van der Waals surface area contributed by atoms with E-state index < -0.39 is 0 Å². The second-order valence-electron chi connectivity index (χ2n) is 3.59. The zero-order chi connectivity index (χ0) is 14.0. The van der Waals surface area contributed by atoms with Crippen molar-refractivity contribution in [3.63, 3.8) is 0 Å². The first kappa shape index (κ1) is 15.1. The molecule has 1 N–H and O–H groups in total. The molecule has 1 aromatic rings. The number of benzene rings is 1.